The molecule has 27 heavy (non-hydrogen) atoms. The molecule has 0 aliphatic carbocycles. The van der Waals surface area contributed by atoms with E-state index < -0.39 is 14.4 Å². The molecule has 0 unspecified atom stereocenters. The predicted octanol–water partition coefficient (Wildman–Crippen LogP) is 2.42. The van der Waals surface area contributed by atoms with Gasteiger partial charge in [-0.05, 0) is 31.0 Å². The number of imidazole rings is 1. The van der Waals surface area contributed by atoms with Crippen LogP contribution in [-0.4, -0.2) is 54.3 Å². The molecule has 0 aromatic carbocycles. The van der Waals surface area contributed by atoms with Crippen LogP contribution in [0.15, 0.2) is 11.3 Å². The normalized spacial score (nSPS) is 26.7. The smallest absolute Gasteiger partial charge is 0.192 e. The summed E-state index contributed by atoms with van der Waals surface area (Å²) in [6.45, 7) is 12.1. The van der Waals surface area contributed by atoms with Crippen LogP contribution in [-0.2, 0) is 9.16 Å². The fourth-order valence-corrected chi connectivity index (χ4v) is 4.15. The van der Waals surface area contributed by atoms with E-state index in [0.29, 0.717) is 37.6 Å². The minimum absolute atomic E-state index is 0.0612. The number of ether oxygens (including phenoxy) is 1. The Kier molecular flexibility index (Phi) is 5.67. The van der Waals surface area contributed by atoms with Gasteiger partial charge in [-0.15, -0.1) is 0 Å². The van der Waals surface area contributed by atoms with Gasteiger partial charge < -0.3 is 25.3 Å². The van der Waals surface area contributed by atoms with E-state index >= 15 is 0 Å². The largest absolute Gasteiger partial charge is 0.414 e. The number of amidine groups is 1. The monoisotopic (exact) mass is 395 g/mol. The fraction of sp³-hybridized carbons (Fsp3) is 0.778. The molecule has 0 spiro atoms. The van der Waals surface area contributed by atoms with E-state index in [1.54, 1.807) is 6.33 Å². The van der Waals surface area contributed by atoms with Crippen LogP contribution in [0.1, 0.15) is 52.0 Å². The van der Waals surface area contributed by atoms with Gasteiger partial charge in [0.05, 0.1) is 25.1 Å². The first-order valence-electron chi connectivity index (χ1n) is 9.67. The molecule has 0 radical (unpaired) electrons. The van der Waals surface area contributed by atoms with Crippen molar-refractivity contribution in [3.63, 3.8) is 0 Å². The van der Waals surface area contributed by atoms with Crippen molar-refractivity contribution in [1.29, 1.82) is 0 Å². The highest BCUT2D eigenvalue weighted by molar-refractivity contribution is 6.74. The number of nitrogens with one attached hydrogen (secondary N) is 1. The average Bonchev–Trinajstić information content (AvgIpc) is 2.92. The van der Waals surface area contributed by atoms with Crippen molar-refractivity contribution < 1.29 is 14.3 Å². The van der Waals surface area contributed by atoms with Crippen molar-refractivity contribution in [1.82, 2.24) is 9.55 Å². The maximum atomic E-state index is 10.4. The Morgan fingerprint density at radius 3 is 2.85 bits per heavy atom. The number of nitrogens with two attached hydrogens (primary N) is 1. The summed E-state index contributed by atoms with van der Waals surface area (Å²) in [6.07, 6.45) is 2.91. The summed E-state index contributed by atoms with van der Waals surface area (Å²) in [5.41, 5.74) is 6.58. The van der Waals surface area contributed by atoms with Crippen LogP contribution in [0.25, 0.3) is 0 Å². The number of hydrogen-bond donors (Lipinski definition) is 3. The van der Waals surface area contributed by atoms with Crippen molar-refractivity contribution in [2.75, 3.05) is 18.6 Å². The number of aliphatic hydroxyl groups excluding tert-OH is 1. The van der Waals surface area contributed by atoms with Crippen molar-refractivity contribution >= 4 is 20.0 Å². The molecule has 3 rings (SSSR count). The minimum Gasteiger partial charge on any atom is -0.414 e. The molecule has 3 heterocycles. The quantitative estimate of drug-likeness (QED) is 0.676. The summed E-state index contributed by atoms with van der Waals surface area (Å²) in [5, 5.41) is 13.7. The predicted molar refractivity (Wildman–Crippen MR) is 108 cm³/mol. The molecular weight excluding hydrogens is 362 g/mol. The zero-order valence-electron chi connectivity index (χ0n) is 17.0. The molecule has 2 aliphatic heterocycles. The van der Waals surface area contributed by atoms with Gasteiger partial charge >= 0.3 is 0 Å². The zero-order chi connectivity index (χ0) is 19.8. The Morgan fingerprint density at radius 1 is 1.41 bits per heavy atom. The number of fused-ring (bicyclic) bond motifs is 1. The van der Waals surface area contributed by atoms with Crippen LogP contribution < -0.4 is 11.1 Å². The summed E-state index contributed by atoms with van der Waals surface area (Å²) in [7, 11) is -1.85. The molecule has 1 aromatic rings. The van der Waals surface area contributed by atoms with E-state index in [-0.39, 0.29) is 17.4 Å². The van der Waals surface area contributed by atoms with E-state index in [0.717, 1.165) is 12.2 Å². The number of hydrogen-bond acceptors (Lipinski definition) is 7. The van der Waals surface area contributed by atoms with Crippen molar-refractivity contribution in [3.8, 4) is 0 Å². The number of nitrogens with zero attached hydrogens (tertiary/aromatic N) is 3. The molecule has 1 saturated heterocycles. The Morgan fingerprint density at radius 2 is 2.15 bits per heavy atom. The van der Waals surface area contributed by atoms with E-state index in [1.165, 1.54) is 0 Å². The lowest BCUT2D eigenvalue weighted by molar-refractivity contribution is -0.0727. The van der Waals surface area contributed by atoms with Gasteiger partial charge in [-0.2, -0.15) is 0 Å². The molecule has 2 aliphatic rings. The molecule has 9 heteroatoms. The van der Waals surface area contributed by atoms with E-state index in [9.17, 15) is 5.11 Å². The molecule has 0 amide bonds. The maximum absolute atomic E-state index is 10.4. The SMILES string of the molecule is CC(C)(C)[Si](C)(C)OC[C@@H]1CC[C@@H](O)C[C@H](n2cnc3c2NCN=C3N)O1. The highest BCUT2D eigenvalue weighted by Crippen LogP contribution is 2.37. The maximum Gasteiger partial charge on any atom is 0.192 e. The van der Waals surface area contributed by atoms with Crippen LogP contribution in [0.2, 0.25) is 18.1 Å². The van der Waals surface area contributed by atoms with Crippen molar-refractivity contribution in [3.05, 3.63) is 12.0 Å². The van der Waals surface area contributed by atoms with Gasteiger partial charge in [-0.25, -0.2) is 9.98 Å². The number of aliphatic imine (C=N–C) groups is 1. The van der Waals surface area contributed by atoms with Crippen molar-refractivity contribution in [2.24, 2.45) is 10.7 Å². The molecule has 1 aromatic heterocycles. The van der Waals surface area contributed by atoms with E-state index in [4.69, 9.17) is 14.9 Å². The third-order valence-electron chi connectivity index (χ3n) is 5.92. The Hall–Kier alpha value is -1.42. The first kappa shape index (κ1) is 20.3. The van der Waals surface area contributed by atoms with Gasteiger partial charge in [0.1, 0.15) is 30.2 Å². The number of aromatic nitrogens is 2. The second kappa shape index (κ2) is 7.54. The fourth-order valence-electron chi connectivity index (χ4n) is 3.11. The molecular formula is C18H33N5O3Si. The molecule has 8 nitrogen and oxygen atoms in total. The lowest BCUT2D eigenvalue weighted by Gasteiger charge is -2.37. The van der Waals surface area contributed by atoms with Gasteiger partial charge in [0, 0.05) is 6.42 Å². The second-order valence-electron chi connectivity index (χ2n) is 8.98. The lowest BCUT2D eigenvalue weighted by atomic mass is 10.1. The third kappa shape index (κ3) is 4.36. The van der Waals surface area contributed by atoms with Gasteiger partial charge in [0.15, 0.2) is 8.32 Å². The minimum atomic E-state index is -1.85. The summed E-state index contributed by atoms with van der Waals surface area (Å²) in [5.74, 6) is 1.22. The van der Waals surface area contributed by atoms with Crippen LogP contribution in [0.4, 0.5) is 5.82 Å². The molecule has 3 atom stereocenters. The Bertz CT molecular complexity index is 698. The molecule has 1 fully saturated rings. The highest BCUT2D eigenvalue weighted by Gasteiger charge is 2.38. The molecule has 152 valence electrons. The molecule has 0 bridgehead atoms. The first-order chi connectivity index (χ1) is 12.6. The topological polar surface area (TPSA) is 107 Å². The number of anilines is 1. The van der Waals surface area contributed by atoms with Gasteiger partial charge in [0.25, 0.3) is 0 Å². The van der Waals surface area contributed by atoms with Gasteiger partial charge in [-0.1, -0.05) is 20.8 Å². The zero-order valence-corrected chi connectivity index (χ0v) is 18.0. The Balaban J connectivity index is 1.74. The van der Waals surface area contributed by atoms with E-state index in [2.05, 4.69) is 49.2 Å². The summed E-state index contributed by atoms with van der Waals surface area (Å²) >= 11 is 0. The molecule has 4 N–H and O–H groups in total. The third-order valence-corrected chi connectivity index (χ3v) is 10.4. The summed E-state index contributed by atoms with van der Waals surface area (Å²) < 4.78 is 14.7. The summed E-state index contributed by atoms with van der Waals surface area (Å²) in [4.78, 5) is 8.53. The lowest BCUT2D eigenvalue weighted by Crippen LogP contribution is -2.43. The van der Waals surface area contributed by atoms with Crippen molar-refractivity contribution in [2.45, 2.75) is 76.6 Å². The number of aliphatic hydroxyl groups is 1. The second-order valence-corrected chi connectivity index (χ2v) is 13.8. The standard InChI is InChI=1S/C18H33N5O3Si/c1-18(2,3)27(4,5)25-9-13-7-6-12(24)8-14(26-13)23-11-22-15-16(19)20-10-21-17(15)23/h11-14,21,24H,6-10H2,1-5H3,(H2,19,20)/t12-,13+,14-/m1/s1. The summed E-state index contributed by atoms with van der Waals surface area (Å²) in [6, 6.07) is 0. The van der Waals surface area contributed by atoms with E-state index in [1.807, 2.05) is 4.57 Å². The van der Waals surface area contributed by atoms with Crippen LogP contribution in [0.3, 0.4) is 0 Å². The van der Waals surface area contributed by atoms with Crippen LogP contribution in [0, 0.1) is 0 Å². The molecule has 0 saturated carbocycles. The Labute approximate surface area is 162 Å². The van der Waals surface area contributed by atoms with Crippen LogP contribution >= 0.6 is 0 Å². The van der Waals surface area contributed by atoms with Crippen LogP contribution in [0.5, 0.6) is 0 Å². The highest BCUT2D eigenvalue weighted by atomic mass is 28.4. The first-order valence-corrected chi connectivity index (χ1v) is 12.6. The van der Waals surface area contributed by atoms with Gasteiger partial charge in [-0.3, -0.25) is 4.57 Å². The van der Waals surface area contributed by atoms with Gasteiger partial charge in [0.2, 0.25) is 0 Å². The average molecular weight is 396 g/mol. The number of rotatable bonds is 4.